The second-order valence-electron chi connectivity index (χ2n) is 14.4. The van der Waals surface area contributed by atoms with Crippen molar-refractivity contribution in [2.24, 2.45) is 46.3 Å². The van der Waals surface area contributed by atoms with Crippen molar-refractivity contribution in [1.82, 2.24) is 5.32 Å². The number of amides is 1. The minimum Gasteiger partial charge on any atom is -0.508 e. The Morgan fingerprint density at radius 3 is 2.31 bits per heavy atom. The molecule has 42 heavy (non-hydrogen) atoms. The van der Waals surface area contributed by atoms with Gasteiger partial charge in [0.2, 0.25) is 5.91 Å². The second kappa shape index (κ2) is 13.1. The number of nitrogens with one attached hydrogen (secondary N) is 1. The summed E-state index contributed by atoms with van der Waals surface area (Å²) in [5, 5.41) is 63.6. The number of rotatable bonds is 7. The molecule has 0 radical (unpaired) electrons. The van der Waals surface area contributed by atoms with Gasteiger partial charge in [0.15, 0.2) is 0 Å². The van der Waals surface area contributed by atoms with Crippen molar-refractivity contribution in [2.75, 3.05) is 7.11 Å². The molecule has 4 saturated carbocycles. The van der Waals surface area contributed by atoms with E-state index >= 15 is 0 Å². The van der Waals surface area contributed by atoms with E-state index in [0.717, 1.165) is 45.6 Å². The van der Waals surface area contributed by atoms with Crippen LogP contribution in [-0.4, -0.2) is 68.0 Å². The first kappa shape index (κ1) is 33.2. The number of hydrogen-bond acceptors (Lipinski definition) is 7. The highest BCUT2D eigenvalue weighted by atomic mass is 16.3. The van der Waals surface area contributed by atoms with Crippen molar-refractivity contribution in [1.29, 1.82) is 0 Å². The maximum absolute atomic E-state index is 12.9. The van der Waals surface area contributed by atoms with Gasteiger partial charge in [-0.2, -0.15) is 0 Å². The molecule has 0 saturated heterocycles. The maximum Gasteiger partial charge on any atom is 0.220 e. The number of phenolic OH excluding ortho intramolecular Hbond substituents is 1. The zero-order valence-electron chi connectivity index (χ0n) is 26.1. The van der Waals surface area contributed by atoms with Crippen molar-refractivity contribution < 1.29 is 35.4 Å². The Bertz CT molecular complexity index is 1050. The maximum atomic E-state index is 12.9. The molecule has 1 aromatic rings. The number of benzene rings is 1. The number of carbonyl (C=O) groups is 1. The highest BCUT2D eigenvalue weighted by Gasteiger charge is 2.65. The number of aromatic hydroxyl groups is 1. The molecule has 8 heteroatoms. The van der Waals surface area contributed by atoms with Gasteiger partial charge in [0.05, 0.1) is 30.5 Å². The van der Waals surface area contributed by atoms with E-state index in [2.05, 4.69) is 26.1 Å². The zero-order valence-corrected chi connectivity index (χ0v) is 26.1. The smallest absolute Gasteiger partial charge is 0.220 e. The van der Waals surface area contributed by atoms with Crippen molar-refractivity contribution in [2.45, 2.75) is 116 Å². The Labute approximate surface area is 251 Å². The number of phenols is 1. The number of carbonyl (C=O) groups excluding carboxylic acids is 1. The van der Waals surface area contributed by atoms with Gasteiger partial charge in [-0.25, -0.2) is 0 Å². The molecule has 1 aromatic carbocycles. The monoisotopic (exact) mass is 589 g/mol. The van der Waals surface area contributed by atoms with Gasteiger partial charge >= 0.3 is 0 Å². The van der Waals surface area contributed by atoms with Crippen LogP contribution >= 0.6 is 0 Å². The Kier molecular flexibility index (Phi) is 10.4. The highest BCUT2D eigenvalue weighted by Crippen LogP contribution is 2.68. The van der Waals surface area contributed by atoms with E-state index in [1.807, 2.05) is 0 Å². The fraction of sp³-hybridized carbons (Fsp3) is 0.794. The number of fused-ring (bicyclic) bond motifs is 5. The summed E-state index contributed by atoms with van der Waals surface area (Å²) in [6.07, 6.45) is 5.16. The standard InChI is InChI=1S/C33H51NO6.CH4O/c1-18(5-12-29(39)34-19(2)31(40)20-6-8-22(35)9-7-20)24-10-11-25-30-26(17-28(38)33(24,25)4)32(3)14-13-23(36)15-21(32)16-27(30)37;1-2/h6-9,18-19,21,23-28,30-31,35-38,40H,5,10-17H2,1-4H3,(H,34,39);2H,1H3. The number of aliphatic hydroxyl groups excluding tert-OH is 5. The van der Waals surface area contributed by atoms with Crippen molar-refractivity contribution in [3.63, 3.8) is 0 Å². The lowest BCUT2D eigenvalue weighted by Crippen LogP contribution is -2.62. The normalized spacial score (nSPS) is 41.2. The third-order valence-electron chi connectivity index (χ3n) is 12.4. The van der Waals surface area contributed by atoms with Crippen LogP contribution in [0, 0.1) is 46.3 Å². The zero-order chi connectivity index (χ0) is 31.0. The summed E-state index contributed by atoms with van der Waals surface area (Å²) in [5.74, 6) is 1.62. The summed E-state index contributed by atoms with van der Waals surface area (Å²) in [6.45, 7) is 8.59. The molecular formula is C34H55NO7. The summed E-state index contributed by atoms with van der Waals surface area (Å²) in [7, 11) is 1.00. The molecule has 5 rings (SSSR count). The SMILES string of the molecule is CC(CCC(=O)NC(C)C(O)c1ccc(O)cc1)C1CCC2C3C(O)CC4CC(O)CCC4(C)C3CC(O)C12C.CO. The average Bonchev–Trinajstić information content (AvgIpc) is 3.32. The second-order valence-corrected chi connectivity index (χ2v) is 14.4. The molecule has 4 aliphatic carbocycles. The van der Waals surface area contributed by atoms with Crippen LogP contribution < -0.4 is 5.32 Å². The van der Waals surface area contributed by atoms with Crippen molar-refractivity contribution in [3.05, 3.63) is 29.8 Å². The first-order chi connectivity index (χ1) is 19.9. The minimum absolute atomic E-state index is 0.0641. The first-order valence-corrected chi connectivity index (χ1v) is 16.1. The molecular weight excluding hydrogens is 534 g/mol. The molecule has 0 aliphatic heterocycles. The van der Waals surface area contributed by atoms with Crippen molar-refractivity contribution >= 4 is 5.91 Å². The van der Waals surface area contributed by atoms with Crippen LogP contribution in [0.2, 0.25) is 0 Å². The van der Waals surface area contributed by atoms with Gasteiger partial charge in [0, 0.05) is 13.5 Å². The van der Waals surface area contributed by atoms with Crippen LogP contribution in [0.4, 0.5) is 0 Å². The lowest BCUT2D eigenvalue weighted by Gasteiger charge is -2.63. The quantitative estimate of drug-likeness (QED) is 0.255. The van der Waals surface area contributed by atoms with E-state index in [-0.39, 0.29) is 64.3 Å². The number of aliphatic hydroxyl groups is 5. The lowest BCUT2D eigenvalue weighted by molar-refractivity contribution is -0.207. The molecule has 0 heterocycles. The van der Waals surface area contributed by atoms with Crippen molar-refractivity contribution in [3.8, 4) is 5.75 Å². The molecule has 0 aromatic heterocycles. The van der Waals surface area contributed by atoms with Gasteiger partial charge in [-0.3, -0.25) is 4.79 Å². The largest absolute Gasteiger partial charge is 0.508 e. The topological polar surface area (TPSA) is 150 Å². The fourth-order valence-corrected chi connectivity index (χ4v) is 10.1. The van der Waals surface area contributed by atoms with Gasteiger partial charge in [-0.05, 0) is 122 Å². The molecule has 4 aliphatic rings. The Morgan fingerprint density at radius 2 is 1.64 bits per heavy atom. The highest BCUT2D eigenvalue weighted by molar-refractivity contribution is 5.76. The summed E-state index contributed by atoms with van der Waals surface area (Å²) in [5.41, 5.74) is 0.426. The Balaban J connectivity index is 0.00000198. The van der Waals surface area contributed by atoms with E-state index in [9.17, 15) is 30.3 Å². The van der Waals surface area contributed by atoms with Crippen LogP contribution in [0.5, 0.6) is 5.75 Å². The van der Waals surface area contributed by atoms with E-state index < -0.39 is 18.2 Å². The van der Waals surface area contributed by atoms with Crippen LogP contribution in [-0.2, 0) is 4.79 Å². The molecule has 8 nitrogen and oxygen atoms in total. The van der Waals surface area contributed by atoms with E-state index in [1.165, 1.54) is 12.1 Å². The van der Waals surface area contributed by atoms with Crippen LogP contribution in [0.15, 0.2) is 24.3 Å². The Morgan fingerprint density at radius 1 is 0.976 bits per heavy atom. The van der Waals surface area contributed by atoms with E-state index in [1.54, 1.807) is 19.1 Å². The average molecular weight is 590 g/mol. The first-order valence-electron chi connectivity index (χ1n) is 16.1. The third-order valence-corrected chi connectivity index (χ3v) is 12.4. The van der Waals surface area contributed by atoms with E-state index in [4.69, 9.17) is 5.11 Å². The van der Waals surface area contributed by atoms with Crippen LogP contribution in [0.25, 0.3) is 0 Å². The summed E-state index contributed by atoms with van der Waals surface area (Å²) >= 11 is 0. The van der Waals surface area contributed by atoms with Crippen LogP contribution in [0.3, 0.4) is 0 Å². The molecule has 0 bridgehead atoms. The predicted molar refractivity (Wildman–Crippen MR) is 161 cm³/mol. The molecule has 1 amide bonds. The molecule has 7 N–H and O–H groups in total. The predicted octanol–water partition coefficient (Wildman–Crippen LogP) is 3.92. The Hall–Kier alpha value is -1.71. The summed E-state index contributed by atoms with van der Waals surface area (Å²) < 4.78 is 0. The number of hydrogen-bond donors (Lipinski definition) is 7. The van der Waals surface area contributed by atoms with Gasteiger partial charge in [-0.15, -0.1) is 0 Å². The van der Waals surface area contributed by atoms with Gasteiger partial charge < -0.3 is 36.0 Å². The minimum atomic E-state index is -0.863. The van der Waals surface area contributed by atoms with Crippen LogP contribution in [0.1, 0.15) is 97.1 Å². The molecule has 238 valence electrons. The van der Waals surface area contributed by atoms with Gasteiger partial charge in [-0.1, -0.05) is 32.9 Å². The van der Waals surface area contributed by atoms with Gasteiger partial charge in [0.25, 0.3) is 0 Å². The van der Waals surface area contributed by atoms with Gasteiger partial charge in [0.1, 0.15) is 5.75 Å². The lowest BCUT2D eigenvalue weighted by atomic mass is 9.43. The fourth-order valence-electron chi connectivity index (χ4n) is 10.1. The van der Waals surface area contributed by atoms with E-state index in [0.29, 0.717) is 30.7 Å². The molecule has 0 spiro atoms. The molecule has 13 unspecified atom stereocenters. The summed E-state index contributed by atoms with van der Waals surface area (Å²) in [6, 6.07) is 5.90. The molecule has 4 fully saturated rings. The molecule has 13 atom stereocenters. The summed E-state index contributed by atoms with van der Waals surface area (Å²) in [4.78, 5) is 12.9. The third kappa shape index (κ3) is 5.99.